The number of nitrogens with one attached hydrogen (secondary N) is 1. The molecule has 0 radical (unpaired) electrons. The van der Waals surface area contributed by atoms with E-state index in [0.29, 0.717) is 28.4 Å². The van der Waals surface area contributed by atoms with Crippen LogP contribution in [0, 0.1) is 18.6 Å². The SMILES string of the molecule is Cc1nc(N[C@@H]2C[C@H]2c2ccc(F)c(F)c2)c2nnn([C@@H]3C[C@H](OCCO)[C@@H](O)[C@H]3O)c2n1. The summed E-state index contributed by atoms with van der Waals surface area (Å²) in [7, 11) is 0. The lowest BCUT2D eigenvalue weighted by Gasteiger charge is -2.17. The number of rotatable bonds is 7. The van der Waals surface area contributed by atoms with Gasteiger partial charge in [0.05, 0.1) is 25.4 Å². The van der Waals surface area contributed by atoms with E-state index in [4.69, 9.17) is 9.84 Å². The number of aromatic nitrogens is 5. The van der Waals surface area contributed by atoms with Crippen LogP contribution in [0.25, 0.3) is 11.2 Å². The van der Waals surface area contributed by atoms with Crippen LogP contribution >= 0.6 is 0 Å². The summed E-state index contributed by atoms with van der Waals surface area (Å²) in [5, 5.41) is 41.5. The van der Waals surface area contributed by atoms with E-state index < -0.39 is 36.0 Å². The van der Waals surface area contributed by atoms with Crippen LogP contribution in [0.4, 0.5) is 14.6 Å². The van der Waals surface area contributed by atoms with Gasteiger partial charge in [-0.25, -0.2) is 23.4 Å². The molecule has 0 spiro atoms. The highest BCUT2D eigenvalue weighted by Crippen LogP contribution is 2.43. The van der Waals surface area contributed by atoms with E-state index in [0.717, 1.165) is 12.5 Å². The number of fused-ring (bicyclic) bond motifs is 1. The van der Waals surface area contributed by atoms with Crippen molar-refractivity contribution < 1.29 is 28.8 Å². The minimum absolute atomic E-state index is 0.0108. The van der Waals surface area contributed by atoms with Crippen LogP contribution in [0.5, 0.6) is 0 Å². The minimum Gasteiger partial charge on any atom is -0.394 e. The van der Waals surface area contributed by atoms with Gasteiger partial charge in [-0.05, 0) is 31.0 Å². The summed E-state index contributed by atoms with van der Waals surface area (Å²) < 4.78 is 33.7. The Morgan fingerprint density at radius 3 is 2.73 bits per heavy atom. The molecular formula is C21H24F2N6O4. The Morgan fingerprint density at radius 1 is 1.15 bits per heavy atom. The summed E-state index contributed by atoms with van der Waals surface area (Å²) in [5.41, 5.74) is 1.50. The summed E-state index contributed by atoms with van der Waals surface area (Å²) in [5.74, 6) is -0.826. The smallest absolute Gasteiger partial charge is 0.184 e. The summed E-state index contributed by atoms with van der Waals surface area (Å²) in [6.07, 6.45) is -1.94. The van der Waals surface area contributed by atoms with E-state index in [9.17, 15) is 19.0 Å². The summed E-state index contributed by atoms with van der Waals surface area (Å²) in [6, 6.07) is 3.25. The number of hydrogen-bond donors (Lipinski definition) is 4. The number of aliphatic hydroxyl groups is 3. The molecular weight excluding hydrogens is 438 g/mol. The summed E-state index contributed by atoms with van der Waals surface area (Å²) in [6.45, 7) is 1.58. The Kier molecular flexibility index (Phi) is 5.69. The monoisotopic (exact) mass is 462 g/mol. The van der Waals surface area contributed by atoms with Crippen LogP contribution in [0.3, 0.4) is 0 Å². The van der Waals surface area contributed by atoms with Crippen molar-refractivity contribution in [2.45, 2.75) is 56.1 Å². The topological polar surface area (TPSA) is 138 Å². The third-order valence-electron chi connectivity index (χ3n) is 6.26. The number of benzene rings is 1. The zero-order valence-electron chi connectivity index (χ0n) is 17.8. The molecule has 2 aliphatic rings. The number of nitrogens with zero attached hydrogens (tertiary/aromatic N) is 5. The maximum Gasteiger partial charge on any atom is 0.184 e. The first-order chi connectivity index (χ1) is 15.9. The van der Waals surface area contributed by atoms with Crippen LogP contribution in [-0.2, 0) is 4.74 Å². The molecule has 0 amide bonds. The van der Waals surface area contributed by atoms with E-state index in [1.165, 1.54) is 10.7 Å². The number of anilines is 1. The fraction of sp³-hybridized carbons (Fsp3) is 0.524. The predicted octanol–water partition coefficient (Wildman–Crippen LogP) is 0.820. The van der Waals surface area contributed by atoms with Gasteiger partial charge in [0.25, 0.3) is 0 Å². The second kappa shape index (κ2) is 8.52. The number of aliphatic hydroxyl groups excluding tert-OH is 3. The molecule has 3 aromatic rings. The Hall–Kier alpha value is -2.80. The Balaban J connectivity index is 1.38. The molecule has 2 aromatic heterocycles. The van der Waals surface area contributed by atoms with Gasteiger partial charge in [0.15, 0.2) is 28.6 Å². The van der Waals surface area contributed by atoms with Gasteiger partial charge in [-0.3, -0.25) is 0 Å². The van der Waals surface area contributed by atoms with Crippen molar-refractivity contribution in [3.05, 3.63) is 41.2 Å². The molecule has 0 unspecified atom stereocenters. The fourth-order valence-electron chi connectivity index (χ4n) is 4.48. The van der Waals surface area contributed by atoms with E-state index >= 15 is 0 Å². The lowest BCUT2D eigenvalue weighted by atomic mass is 10.1. The number of halogens is 2. The molecule has 4 N–H and O–H groups in total. The molecule has 176 valence electrons. The van der Waals surface area contributed by atoms with Crippen LogP contribution in [-0.4, -0.2) is 77.8 Å². The van der Waals surface area contributed by atoms with Crippen LogP contribution in [0.1, 0.15) is 36.2 Å². The van der Waals surface area contributed by atoms with E-state index in [2.05, 4.69) is 25.6 Å². The molecule has 0 bridgehead atoms. The molecule has 10 nitrogen and oxygen atoms in total. The first-order valence-corrected chi connectivity index (χ1v) is 10.8. The van der Waals surface area contributed by atoms with Crippen molar-refractivity contribution in [3.8, 4) is 0 Å². The van der Waals surface area contributed by atoms with Crippen molar-refractivity contribution in [1.82, 2.24) is 25.0 Å². The summed E-state index contributed by atoms with van der Waals surface area (Å²) >= 11 is 0. The normalized spacial score (nSPS) is 29.0. The molecule has 5 rings (SSSR count). The lowest BCUT2D eigenvalue weighted by Crippen LogP contribution is -2.33. The number of hydrogen-bond acceptors (Lipinski definition) is 9. The Morgan fingerprint density at radius 2 is 1.97 bits per heavy atom. The van der Waals surface area contributed by atoms with Gasteiger partial charge in [-0.1, -0.05) is 11.3 Å². The Labute approximate surface area is 187 Å². The van der Waals surface area contributed by atoms with Crippen molar-refractivity contribution in [1.29, 1.82) is 0 Å². The highest BCUT2D eigenvalue weighted by molar-refractivity contribution is 5.82. The van der Waals surface area contributed by atoms with Crippen LogP contribution in [0.15, 0.2) is 18.2 Å². The van der Waals surface area contributed by atoms with Crippen molar-refractivity contribution >= 4 is 17.0 Å². The van der Waals surface area contributed by atoms with E-state index in [1.54, 1.807) is 13.0 Å². The quantitative estimate of drug-likeness (QED) is 0.402. The van der Waals surface area contributed by atoms with E-state index in [-0.39, 0.29) is 31.6 Å². The van der Waals surface area contributed by atoms with Crippen molar-refractivity contribution in [2.24, 2.45) is 0 Å². The van der Waals surface area contributed by atoms with Crippen molar-refractivity contribution in [3.63, 3.8) is 0 Å². The maximum atomic E-state index is 13.6. The molecule has 2 aliphatic carbocycles. The van der Waals surface area contributed by atoms with Gasteiger partial charge in [-0.15, -0.1) is 5.10 Å². The highest BCUT2D eigenvalue weighted by Gasteiger charge is 2.45. The van der Waals surface area contributed by atoms with Gasteiger partial charge in [0.1, 0.15) is 18.0 Å². The average molecular weight is 462 g/mol. The zero-order chi connectivity index (χ0) is 23.3. The first kappa shape index (κ1) is 22.0. The molecule has 12 heteroatoms. The van der Waals surface area contributed by atoms with E-state index in [1.807, 2.05) is 0 Å². The minimum atomic E-state index is -1.15. The molecule has 2 saturated carbocycles. The second-order valence-electron chi connectivity index (χ2n) is 8.51. The Bertz CT molecular complexity index is 1180. The summed E-state index contributed by atoms with van der Waals surface area (Å²) in [4.78, 5) is 8.87. The van der Waals surface area contributed by atoms with Crippen molar-refractivity contribution in [2.75, 3.05) is 18.5 Å². The zero-order valence-corrected chi connectivity index (χ0v) is 17.8. The average Bonchev–Trinajstić information content (AvgIpc) is 3.34. The highest BCUT2D eigenvalue weighted by atomic mass is 19.2. The van der Waals surface area contributed by atoms with Gasteiger partial charge in [0.2, 0.25) is 0 Å². The largest absolute Gasteiger partial charge is 0.394 e. The maximum absolute atomic E-state index is 13.6. The molecule has 1 aromatic carbocycles. The third-order valence-corrected chi connectivity index (χ3v) is 6.26. The van der Waals surface area contributed by atoms with Crippen LogP contribution < -0.4 is 5.32 Å². The molecule has 2 fully saturated rings. The molecule has 33 heavy (non-hydrogen) atoms. The van der Waals surface area contributed by atoms with Gasteiger partial charge in [0, 0.05) is 18.4 Å². The van der Waals surface area contributed by atoms with Gasteiger partial charge in [-0.2, -0.15) is 0 Å². The third kappa shape index (κ3) is 4.03. The predicted molar refractivity (Wildman–Crippen MR) is 111 cm³/mol. The lowest BCUT2D eigenvalue weighted by molar-refractivity contribution is -0.0629. The molecule has 0 aliphatic heterocycles. The second-order valence-corrected chi connectivity index (χ2v) is 8.51. The van der Waals surface area contributed by atoms with Crippen LogP contribution in [0.2, 0.25) is 0 Å². The molecule has 2 heterocycles. The van der Waals surface area contributed by atoms with Gasteiger partial charge < -0.3 is 25.4 Å². The number of ether oxygens (including phenoxy) is 1. The first-order valence-electron chi connectivity index (χ1n) is 10.8. The standard InChI is InChI=1S/C21H24F2N6O4/c1-9-24-20(26-14-7-11(14)10-2-3-12(22)13(23)6-10)17-21(25-9)29(28-27-17)15-8-16(33-5-4-30)19(32)18(15)31/h2-3,6,11,14-16,18-19,30-32H,4-5,7-8H2,1H3,(H,24,25,26)/t11-,14+,15+,16-,18-,19+/m0/s1. The molecule has 0 saturated heterocycles. The fourth-order valence-corrected chi connectivity index (χ4v) is 4.48. The number of aryl methyl sites for hydroxylation is 1. The molecule has 6 atom stereocenters. The van der Waals surface area contributed by atoms with Gasteiger partial charge >= 0.3 is 0 Å².